The van der Waals surface area contributed by atoms with Crippen molar-refractivity contribution < 1.29 is 9.53 Å². The van der Waals surface area contributed by atoms with Crippen LogP contribution < -0.4 is 0 Å². The minimum absolute atomic E-state index is 0.0646. The van der Waals surface area contributed by atoms with Gasteiger partial charge >= 0.3 is 0 Å². The molecule has 0 aliphatic carbocycles. The van der Waals surface area contributed by atoms with Gasteiger partial charge in [0.1, 0.15) is 5.69 Å². The van der Waals surface area contributed by atoms with Crippen molar-refractivity contribution in [1.82, 2.24) is 14.5 Å². The smallest absolute Gasteiger partial charge is 0.272 e. The van der Waals surface area contributed by atoms with E-state index in [4.69, 9.17) is 4.74 Å². The number of carbonyl (C=O) groups is 1. The summed E-state index contributed by atoms with van der Waals surface area (Å²) in [7, 11) is 0. The van der Waals surface area contributed by atoms with Crippen molar-refractivity contribution in [2.24, 2.45) is 0 Å². The lowest BCUT2D eigenvalue weighted by atomic mass is 9.68. The van der Waals surface area contributed by atoms with Gasteiger partial charge in [0.15, 0.2) is 0 Å². The Balaban J connectivity index is 0.000000197. The Bertz CT molecular complexity index is 1310. The van der Waals surface area contributed by atoms with Gasteiger partial charge in [0.05, 0.1) is 25.2 Å². The number of imidazole rings is 1. The molecule has 3 aromatic carbocycles. The number of nitrogens with zero attached hydrogens (tertiary/aromatic N) is 3. The molecule has 5 nitrogen and oxygen atoms in total. The van der Waals surface area contributed by atoms with Gasteiger partial charge in [0.2, 0.25) is 0 Å². The lowest BCUT2D eigenvalue weighted by molar-refractivity contribution is 0.0295. The molecule has 1 aliphatic rings. The zero-order valence-corrected chi connectivity index (χ0v) is 25.9. The summed E-state index contributed by atoms with van der Waals surface area (Å²) in [6, 6.07) is 30.4. The van der Waals surface area contributed by atoms with E-state index in [1.165, 1.54) is 47.9 Å². The molecule has 5 rings (SSSR count). The highest BCUT2D eigenvalue weighted by molar-refractivity contribution is 5.94. The average Bonchev–Trinajstić information content (AvgIpc) is 3.45. The minimum atomic E-state index is 0.0646. The Morgan fingerprint density at radius 1 is 0.810 bits per heavy atom. The molecular weight excluding hydrogens is 518 g/mol. The molecule has 0 saturated carbocycles. The summed E-state index contributed by atoms with van der Waals surface area (Å²) in [5, 5.41) is 0. The second kappa shape index (κ2) is 15.5. The molecule has 42 heavy (non-hydrogen) atoms. The molecule has 0 atom stereocenters. The van der Waals surface area contributed by atoms with Crippen LogP contribution in [0.5, 0.6) is 0 Å². The van der Waals surface area contributed by atoms with E-state index in [0.29, 0.717) is 32.8 Å². The minimum Gasteiger partial charge on any atom is -0.378 e. The van der Waals surface area contributed by atoms with Crippen LogP contribution in [0.1, 0.15) is 84.9 Å². The van der Waals surface area contributed by atoms with Crippen LogP contribution in [0.2, 0.25) is 0 Å². The third-order valence-electron chi connectivity index (χ3n) is 8.23. The Labute approximate surface area is 252 Å². The molecule has 1 fully saturated rings. The van der Waals surface area contributed by atoms with Gasteiger partial charge < -0.3 is 14.2 Å². The van der Waals surface area contributed by atoms with E-state index in [1.54, 1.807) is 6.33 Å². The zero-order valence-electron chi connectivity index (χ0n) is 25.9. The molecule has 1 aromatic heterocycles. The molecule has 0 radical (unpaired) electrons. The summed E-state index contributed by atoms with van der Waals surface area (Å²) in [6.45, 7) is 11.9. The number of ether oxygens (including phenoxy) is 1. The molecular formula is C37H47N3O2. The molecule has 1 saturated heterocycles. The number of aromatic nitrogens is 2. The maximum Gasteiger partial charge on any atom is 0.272 e. The van der Waals surface area contributed by atoms with Crippen molar-refractivity contribution in [3.8, 4) is 0 Å². The highest BCUT2D eigenvalue weighted by Crippen LogP contribution is 2.40. The van der Waals surface area contributed by atoms with Gasteiger partial charge in [-0.25, -0.2) is 4.98 Å². The van der Waals surface area contributed by atoms with Crippen LogP contribution in [-0.4, -0.2) is 46.7 Å². The van der Waals surface area contributed by atoms with E-state index in [2.05, 4.69) is 111 Å². The Morgan fingerprint density at radius 3 is 1.86 bits per heavy atom. The fourth-order valence-electron chi connectivity index (χ4n) is 6.09. The van der Waals surface area contributed by atoms with Crippen LogP contribution in [0, 0.1) is 6.92 Å². The molecule has 0 N–H and O–H groups in total. The van der Waals surface area contributed by atoms with E-state index >= 15 is 0 Å². The molecule has 1 aliphatic heterocycles. The van der Waals surface area contributed by atoms with Crippen molar-refractivity contribution in [3.05, 3.63) is 125 Å². The van der Waals surface area contributed by atoms with Gasteiger partial charge in [-0.05, 0) is 42.9 Å². The number of rotatable bonds is 10. The number of aryl methyl sites for hydroxylation is 2. The summed E-state index contributed by atoms with van der Waals surface area (Å²) in [4.78, 5) is 19.2. The Kier molecular flexibility index (Phi) is 11.5. The van der Waals surface area contributed by atoms with E-state index in [0.717, 1.165) is 17.8 Å². The van der Waals surface area contributed by atoms with Gasteiger partial charge in [-0.1, -0.05) is 124 Å². The average molecular weight is 566 g/mol. The van der Waals surface area contributed by atoms with Crippen LogP contribution in [-0.2, 0) is 23.1 Å². The fourth-order valence-corrected chi connectivity index (χ4v) is 6.09. The monoisotopic (exact) mass is 565 g/mol. The van der Waals surface area contributed by atoms with Crippen LogP contribution in [0.4, 0.5) is 0 Å². The SMILES string of the molecule is CCCC(CCC)(c1ccccc1)c1ccccc1.CCc1ncn(Cc2ccc(C)cc2)c1C(=O)N1CCOCC1. The molecule has 222 valence electrons. The molecule has 5 heteroatoms. The number of amides is 1. The fraction of sp³-hybridized carbons (Fsp3) is 0.405. The van der Waals surface area contributed by atoms with Crippen LogP contribution >= 0.6 is 0 Å². The zero-order chi connectivity index (χ0) is 29.8. The van der Waals surface area contributed by atoms with E-state index in [-0.39, 0.29) is 11.3 Å². The van der Waals surface area contributed by atoms with E-state index in [9.17, 15) is 4.79 Å². The summed E-state index contributed by atoms with van der Waals surface area (Å²) >= 11 is 0. The second-order valence-corrected chi connectivity index (χ2v) is 11.2. The van der Waals surface area contributed by atoms with Gasteiger partial charge in [-0.15, -0.1) is 0 Å². The Morgan fingerprint density at radius 2 is 1.36 bits per heavy atom. The number of hydrogen-bond acceptors (Lipinski definition) is 3. The van der Waals surface area contributed by atoms with Crippen LogP contribution in [0.3, 0.4) is 0 Å². The molecule has 1 amide bonds. The van der Waals surface area contributed by atoms with Crippen molar-refractivity contribution in [3.63, 3.8) is 0 Å². The number of hydrogen-bond donors (Lipinski definition) is 0. The van der Waals surface area contributed by atoms with Crippen molar-refractivity contribution >= 4 is 5.91 Å². The topological polar surface area (TPSA) is 47.4 Å². The predicted molar refractivity (Wildman–Crippen MR) is 172 cm³/mol. The number of benzene rings is 3. The highest BCUT2D eigenvalue weighted by atomic mass is 16.5. The first-order valence-electron chi connectivity index (χ1n) is 15.6. The summed E-state index contributed by atoms with van der Waals surface area (Å²) < 4.78 is 7.32. The van der Waals surface area contributed by atoms with Crippen molar-refractivity contribution in [2.45, 2.75) is 71.8 Å². The normalized spacial score (nSPS) is 13.4. The number of morpholine rings is 1. The van der Waals surface area contributed by atoms with E-state index in [1.807, 2.05) is 16.4 Å². The third-order valence-corrected chi connectivity index (χ3v) is 8.23. The highest BCUT2D eigenvalue weighted by Gasteiger charge is 2.32. The predicted octanol–water partition coefficient (Wildman–Crippen LogP) is 7.85. The van der Waals surface area contributed by atoms with Gasteiger partial charge in [-0.3, -0.25) is 4.79 Å². The first-order valence-corrected chi connectivity index (χ1v) is 15.6. The van der Waals surface area contributed by atoms with Crippen molar-refractivity contribution in [2.75, 3.05) is 26.3 Å². The summed E-state index contributed by atoms with van der Waals surface area (Å²) in [6.07, 6.45) is 7.40. The first-order chi connectivity index (χ1) is 20.5. The summed E-state index contributed by atoms with van der Waals surface area (Å²) in [5.74, 6) is 0.0646. The van der Waals surface area contributed by atoms with Gasteiger partial charge in [0.25, 0.3) is 5.91 Å². The standard InChI is InChI=1S/C19H24.C18H23N3O2/c1-3-15-19(16-4-2,17-11-7-5-8-12-17)18-13-9-6-10-14-18;1-3-16-17(18(22)20-8-10-23-11-9-20)21(13-19-16)12-15-6-4-14(2)5-7-15/h5-14H,3-4,15-16H2,1-2H3;4-7,13H,3,8-12H2,1-2H3. The van der Waals surface area contributed by atoms with Crippen LogP contribution in [0.25, 0.3) is 0 Å². The summed E-state index contributed by atoms with van der Waals surface area (Å²) in [5.41, 5.74) is 7.11. The first kappa shape index (κ1) is 31.2. The lowest BCUT2D eigenvalue weighted by Gasteiger charge is -2.35. The number of carbonyl (C=O) groups excluding carboxylic acids is 1. The molecule has 0 spiro atoms. The Hall–Kier alpha value is -3.70. The maximum absolute atomic E-state index is 12.9. The largest absolute Gasteiger partial charge is 0.378 e. The molecule has 2 heterocycles. The molecule has 0 unspecified atom stereocenters. The van der Waals surface area contributed by atoms with Gasteiger partial charge in [-0.2, -0.15) is 0 Å². The van der Waals surface area contributed by atoms with Crippen molar-refractivity contribution in [1.29, 1.82) is 0 Å². The second-order valence-electron chi connectivity index (χ2n) is 11.2. The third kappa shape index (κ3) is 7.57. The molecule has 4 aromatic rings. The quantitative estimate of drug-likeness (QED) is 0.197. The maximum atomic E-state index is 12.9. The molecule has 0 bridgehead atoms. The van der Waals surface area contributed by atoms with Gasteiger partial charge in [0, 0.05) is 25.0 Å². The van der Waals surface area contributed by atoms with E-state index < -0.39 is 0 Å². The lowest BCUT2D eigenvalue weighted by Crippen LogP contribution is -2.41. The van der Waals surface area contributed by atoms with Crippen LogP contribution in [0.15, 0.2) is 91.3 Å².